The van der Waals surface area contributed by atoms with Crippen LogP contribution in [0.25, 0.3) is 12.2 Å². The summed E-state index contributed by atoms with van der Waals surface area (Å²) in [5.74, 6) is 0. The van der Waals surface area contributed by atoms with Gasteiger partial charge in [-0.25, -0.2) is 0 Å². The molecule has 0 N–H and O–H groups in total. The summed E-state index contributed by atoms with van der Waals surface area (Å²) >= 11 is 0. The van der Waals surface area contributed by atoms with Crippen LogP contribution in [-0.4, -0.2) is 4.98 Å². The molecule has 0 radical (unpaired) electrons. The third kappa shape index (κ3) is 1.35. The van der Waals surface area contributed by atoms with E-state index >= 15 is 0 Å². The van der Waals surface area contributed by atoms with Gasteiger partial charge < -0.3 is 0 Å². The van der Waals surface area contributed by atoms with Gasteiger partial charge in [0.05, 0.1) is 5.69 Å². The predicted molar refractivity (Wildman–Crippen MR) is 52.6 cm³/mol. The molecule has 0 unspecified atom stereocenters. The zero-order valence-corrected chi connectivity index (χ0v) is 6.64. The van der Waals surface area contributed by atoms with Gasteiger partial charge in [-0.15, -0.1) is 0 Å². The van der Waals surface area contributed by atoms with Crippen molar-refractivity contribution in [3.63, 3.8) is 0 Å². The van der Waals surface area contributed by atoms with Gasteiger partial charge in [0, 0.05) is 11.8 Å². The molecule has 1 heteroatoms. The summed E-state index contributed by atoms with van der Waals surface area (Å²) in [6.45, 7) is 0. The predicted octanol–water partition coefficient (Wildman–Crippen LogP) is 2.79. The molecule has 0 saturated heterocycles. The van der Waals surface area contributed by atoms with Crippen molar-refractivity contribution in [2.45, 2.75) is 0 Å². The van der Waals surface area contributed by atoms with Gasteiger partial charge in [-0.3, -0.25) is 4.98 Å². The number of hydrogen-bond acceptors (Lipinski definition) is 1. The smallest absolute Gasteiger partial charge is 0.256 e. The normalized spacial score (nSPS) is 16.3. The van der Waals surface area contributed by atoms with Crippen LogP contribution in [0.15, 0.2) is 42.6 Å². The van der Waals surface area contributed by atoms with E-state index in [2.05, 4.69) is 17.1 Å². The topological polar surface area (TPSA) is 12.9 Å². The van der Waals surface area contributed by atoms with Gasteiger partial charge in [-0.1, -0.05) is 36.4 Å². The average molecular weight is 156 g/mol. The van der Waals surface area contributed by atoms with Gasteiger partial charge in [-0.2, -0.15) is 0 Å². The molecule has 1 aromatic rings. The molecule has 1 aromatic heterocycles. The van der Waals surface area contributed by atoms with Crippen molar-refractivity contribution in [2.75, 3.05) is 0 Å². The van der Waals surface area contributed by atoms with Crippen LogP contribution < -0.4 is 0 Å². The lowest BCUT2D eigenvalue weighted by Gasteiger charge is -1.98. The monoisotopic (exact) mass is 156 g/mol. The standard InChI is InChI=1S/C11H9N/c1-2-4-8-11-10(6-3-1)7-5-9-12-11/h1-9H/p+1/b2-1?,3-1?,4-2?,6-3?,8-4-,10-6?,11-8?. The minimum absolute atomic E-state index is 0. The molecule has 2 rings (SSSR count). The molecule has 0 bridgehead atoms. The van der Waals surface area contributed by atoms with Crippen molar-refractivity contribution in [1.29, 1.82) is 0 Å². The van der Waals surface area contributed by atoms with Gasteiger partial charge in [0.2, 0.25) is 0 Å². The molecular weight excluding hydrogens is 146 g/mol. The molecule has 0 saturated carbocycles. The molecule has 1 aliphatic rings. The van der Waals surface area contributed by atoms with Gasteiger partial charge >= 0.3 is 1.43 Å². The highest BCUT2D eigenvalue weighted by Gasteiger charge is 1.94. The Morgan fingerprint density at radius 2 is 1.83 bits per heavy atom. The minimum Gasteiger partial charge on any atom is -0.256 e. The first-order chi connectivity index (χ1) is 5.97. The number of aromatic nitrogens is 1. The SMILES string of the molecule is C1=C/C=C\c2ncccc2C=C1.[H+]. The van der Waals surface area contributed by atoms with E-state index < -0.39 is 0 Å². The second kappa shape index (κ2) is 3.18. The molecule has 58 valence electrons. The first-order valence-electron chi connectivity index (χ1n) is 3.93. The van der Waals surface area contributed by atoms with Crippen molar-refractivity contribution < 1.29 is 1.43 Å². The van der Waals surface area contributed by atoms with Gasteiger partial charge in [0.25, 0.3) is 0 Å². The highest BCUT2D eigenvalue weighted by Crippen LogP contribution is 2.11. The molecule has 0 spiro atoms. The van der Waals surface area contributed by atoms with Gasteiger partial charge in [-0.05, 0) is 12.1 Å². The van der Waals surface area contributed by atoms with E-state index in [0.717, 1.165) is 11.3 Å². The zero-order valence-electron chi connectivity index (χ0n) is 7.64. The quantitative estimate of drug-likeness (QED) is 0.562. The second-order valence-electron chi connectivity index (χ2n) is 2.58. The van der Waals surface area contributed by atoms with Crippen LogP contribution in [0.2, 0.25) is 0 Å². The lowest BCUT2D eigenvalue weighted by Crippen LogP contribution is -1.84. The maximum Gasteiger partial charge on any atom is 1.00 e. The Balaban J connectivity index is 0.000000845. The third-order valence-corrected chi connectivity index (χ3v) is 1.73. The van der Waals surface area contributed by atoms with Gasteiger partial charge in [0.15, 0.2) is 0 Å². The zero-order chi connectivity index (χ0) is 8.23. The Bertz CT molecular complexity index is 329. The van der Waals surface area contributed by atoms with E-state index in [1.54, 1.807) is 0 Å². The largest absolute Gasteiger partial charge is 1.00 e. The van der Waals surface area contributed by atoms with Crippen molar-refractivity contribution in [3.8, 4) is 0 Å². The molecule has 12 heavy (non-hydrogen) atoms. The molecule has 0 amide bonds. The van der Waals surface area contributed by atoms with E-state index in [1.807, 2.05) is 42.6 Å². The summed E-state index contributed by atoms with van der Waals surface area (Å²) in [5.41, 5.74) is 2.19. The average Bonchev–Trinajstić information content (AvgIpc) is 2.06. The molecule has 0 atom stereocenters. The van der Waals surface area contributed by atoms with Crippen LogP contribution >= 0.6 is 0 Å². The summed E-state index contributed by atoms with van der Waals surface area (Å²) in [5, 5.41) is 0. The van der Waals surface area contributed by atoms with E-state index in [0.29, 0.717) is 0 Å². The second-order valence-corrected chi connectivity index (χ2v) is 2.58. The summed E-state index contributed by atoms with van der Waals surface area (Å²) in [6, 6.07) is 4.00. The Morgan fingerprint density at radius 3 is 2.75 bits per heavy atom. The van der Waals surface area contributed by atoms with Crippen LogP contribution in [0.4, 0.5) is 0 Å². The molecule has 0 aliphatic heterocycles. The number of rotatable bonds is 0. The Morgan fingerprint density at radius 1 is 1.00 bits per heavy atom. The van der Waals surface area contributed by atoms with E-state index in [-0.39, 0.29) is 1.43 Å². The Labute approximate surface area is 73.3 Å². The fourth-order valence-electron chi connectivity index (χ4n) is 1.14. The maximum atomic E-state index is 4.25. The first kappa shape index (κ1) is 7.04. The fraction of sp³-hybridized carbons (Fsp3) is 0. The summed E-state index contributed by atoms with van der Waals surface area (Å²) in [6.07, 6.45) is 13.9. The summed E-state index contributed by atoms with van der Waals surface area (Å²) < 4.78 is 0. The van der Waals surface area contributed by atoms with Crippen LogP contribution in [0.3, 0.4) is 0 Å². The van der Waals surface area contributed by atoms with Crippen molar-refractivity contribution in [2.24, 2.45) is 0 Å². The first-order valence-corrected chi connectivity index (χ1v) is 3.93. The summed E-state index contributed by atoms with van der Waals surface area (Å²) in [7, 11) is 0. The molecular formula is C11H10N+. The van der Waals surface area contributed by atoms with Crippen LogP contribution in [-0.2, 0) is 0 Å². The Hall–Kier alpha value is -1.63. The Kier molecular flexibility index (Phi) is 1.87. The fourth-order valence-corrected chi connectivity index (χ4v) is 1.14. The lowest BCUT2D eigenvalue weighted by molar-refractivity contribution is 1.28. The third-order valence-electron chi connectivity index (χ3n) is 1.73. The minimum atomic E-state index is 0. The molecule has 1 nitrogen and oxygen atoms in total. The number of fused-ring (bicyclic) bond motifs is 1. The van der Waals surface area contributed by atoms with Gasteiger partial charge in [0.1, 0.15) is 0 Å². The van der Waals surface area contributed by atoms with Crippen LogP contribution in [0.1, 0.15) is 12.7 Å². The summed E-state index contributed by atoms with van der Waals surface area (Å²) in [4.78, 5) is 4.25. The maximum absolute atomic E-state index is 4.25. The number of allylic oxidation sites excluding steroid dienone is 4. The number of nitrogens with zero attached hydrogens (tertiary/aromatic N) is 1. The number of pyridine rings is 1. The number of hydrogen-bond donors (Lipinski definition) is 0. The van der Waals surface area contributed by atoms with Crippen molar-refractivity contribution in [3.05, 3.63) is 53.9 Å². The molecule has 1 heterocycles. The molecule has 1 aliphatic carbocycles. The highest BCUT2D eigenvalue weighted by atomic mass is 14.7. The molecule has 0 aromatic carbocycles. The van der Waals surface area contributed by atoms with E-state index in [4.69, 9.17) is 0 Å². The highest BCUT2D eigenvalue weighted by molar-refractivity contribution is 5.64. The lowest BCUT2D eigenvalue weighted by atomic mass is 10.1. The van der Waals surface area contributed by atoms with Crippen molar-refractivity contribution in [1.82, 2.24) is 4.98 Å². The van der Waals surface area contributed by atoms with E-state index in [1.165, 1.54) is 0 Å². The molecule has 0 fully saturated rings. The van der Waals surface area contributed by atoms with E-state index in [9.17, 15) is 0 Å². The van der Waals surface area contributed by atoms with Crippen LogP contribution in [0, 0.1) is 0 Å². The van der Waals surface area contributed by atoms with Crippen molar-refractivity contribution >= 4 is 12.2 Å². The van der Waals surface area contributed by atoms with Crippen LogP contribution in [0.5, 0.6) is 0 Å².